The first kappa shape index (κ1) is 15.3. The van der Waals surface area contributed by atoms with E-state index >= 15 is 0 Å². The van der Waals surface area contributed by atoms with Gasteiger partial charge in [-0.2, -0.15) is 0 Å². The molecule has 1 saturated heterocycles. The summed E-state index contributed by atoms with van der Waals surface area (Å²) in [6.45, 7) is 9.89. The Morgan fingerprint density at radius 2 is 1.95 bits per heavy atom. The molecule has 20 heavy (non-hydrogen) atoms. The number of hydrogen-bond acceptors (Lipinski definition) is 3. The first-order valence-corrected chi connectivity index (χ1v) is 8.17. The average molecular weight is 275 g/mol. The van der Waals surface area contributed by atoms with Crippen molar-refractivity contribution in [3.8, 4) is 0 Å². The van der Waals surface area contributed by atoms with E-state index in [0.29, 0.717) is 6.04 Å². The summed E-state index contributed by atoms with van der Waals surface area (Å²) in [4.78, 5) is 7.33. The molecule has 112 valence electrons. The lowest BCUT2D eigenvalue weighted by molar-refractivity contribution is 0.569. The summed E-state index contributed by atoms with van der Waals surface area (Å²) in [5, 5.41) is 3.51. The molecule has 0 aromatic carbocycles. The highest BCUT2D eigenvalue weighted by atomic mass is 15.2. The lowest BCUT2D eigenvalue weighted by Crippen LogP contribution is -2.30. The lowest BCUT2D eigenvalue weighted by Gasteiger charge is -2.28. The van der Waals surface area contributed by atoms with Crippen LogP contribution in [-0.4, -0.2) is 24.1 Å². The van der Waals surface area contributed by atoms with Crippen molar-refractivity contribution in [2.75, 3.05) is 18.0 Å². The number of anilines is 1. The molecule has 3 heteroatoms. The molecule has 1 fully saturated rings. The molecule has 3 nitrogen and oxygen atoms in total. The molecule has 0 bridgehead atoms. The molecule has 0 unspecified atom stereocenters. The monoisotopic (exact) mass is 275 g/mol. The molecule has 1 aromatic rings. The molecule has 2 rings (SSSR count). The van der Waals surface area contributed by atoms with E-state index in [2.05, 4.69) is 43.1 Å². The van der Waals surface area contributed by atoms with Gasteiger partial charge < -0.3 is 10.2 Å². The van der Waals surface area contributed by atoms with Crippen molar-refractivity contribution < 1.29 is 0 Å². The van der Waals surface area contributed by atoms with E-state index < -0.39 is 0 Å². The topological polar surface area (TPSA) is 28.2 Å². The van der Waals surface area contributed by atoms with Crippen molar-refractivity contribution in [1.29, 1.82) is 0 Å². The number of hydrogen-bond donors (Lipinski definition) is 1. The molecule has 0 amide bonds. The number of nitrogens with one attached hydrogen (secondary N) is 1. The SMILES string of the molecule is CCCc1cc(CNC(C)C)cc(N2CCCCC2)n1. The number of pyridine rings is 1. The summed E-state index contributed by atoms with van der Waals surface area (Å²) in [6.07, 6.45) is 6.22. The van der Waals surface area contributed by atoms with Gasteiger partial charge in [0.25, 0.3) is 0 Å². The van der Waals surface area contributed by atoms with E-state index in [1.807, 2.05) is 0 Å². The predicted octanol–water partition coefficient (Wildman–Crippen LogP) is 3.52. The Morgan fingerprint density at radius 1 is 1.20 bits per heavy atom. The minimum atomic E-state index is 0.524. The zero-order valence-corrected chi connectivity index (χ0v) is 13.3. The summed E-state index contributed by atoms with van der Waals surface area (Å²) in [5.74, 6) is 1.19. The molecule has 2 heterocycles. The summed E-state index contributed by atoms with van der Waals surface area (Å²) in [7, 11) is 0. The first-order valence-electron chi connectivity index (χ1n) is 8.17. The molecule has 0 aliphatic carbocycles. The highest BCUT2D eigenvalue weighted by molar-refractivity contribution is 5.43. The maximum Gasteiger partial charge on any atom is 0.129 e. The smallest absolute Gasteiger partial charge is 0.129 e. The van der Waals surface area contributed by atoms with Crippen LogP contribution in [0.3, 0.4) is 0 Å². The number of aromatic nitrogens is 1. The van der Waals surface area contributed by atoms with Gasteiger partial charge in [-0.05, 0) is 43.4 Å². The molecular weight excluding hydrogens is 246 g/mol. The minimum Gasteiger partial charge on any atom is -0.357 e. The Labute approximate surface area is 123 Å². The van der Waals surface area contributed by atoms with Crippen LogP contribution in [0.1, 0.15) is 57.7 Å². The largest absolute Gasteiger partial charge is 0.357 e. The van der Waals surface area contributed by atoms with Crippen LogP contribution in [-0.2, 0) is 13.0 Å². The van der Waals surface area contributed by atoms with Crippen LogP contribution in [0.4, 0.5) is 5.82 Å². The second kappa shape index (κ2) is 7.63. The predicted molar refractivity (Wildman–Crippen MR) is 86.3 cm³/mol. The van der Waals surface area contributed by atoms with Crippen molar-refractivity contribution in [3.63, 3.8) is 0 Å². The summed E-state index contributed by atoms with van der Waals surface area (Å²) in [6, 6.07) is 5.07. The fourth-order valence-electron chi connectivity index (χ4n) is 2.73. The van der Waals surface area contributed by atoms with Crippen LogP contribution in [0.5, 0.6) is 0 Å². The summed E-state index contributed by atoms with van der Waals surface area (Å²) >= 11 is 0. The van der Waals surface area contributed by atoms with Gasteiger partial charge in [0.2, 0.25) is 0 Å². The number of rotatable bonds is 6. The van der Waals surface area contributed by atoms with Crippen molar-refractivity contribution in [1.82, 2.24) is 10.3 Å². The van der Waals surface area contributed by atoms with Crippen molar-refractivity contribution in [2.24, 2.45) is 0 Å². The Hall–Kier alpha value is -1.09. The molecular formula is C17H29N3. The van der Waals surface area contributed by atoms with Crippen LogP contribution < -0.4 is 10.2 Å². The Balaban J connectivity index is 2.15. The highest BCUT2D eigenvalue weighted by Crippen LogP contribution is 2.20. The van der Waals surface area contributed by atoms with Crippen molar-refractivity contribution >= 4 is 5.82 Å². The zero-order chi connectivity index (χ0) is 14.4. The maximum atomic E-state index is 4.87. The number of piperidine rings is 1. The Morgan fingerprint density at radius 3 is 2.60 bits per heavy atom. The third kappa shape index (κ3) is 4.48. The number of aryl methyl sites for hydroxylation is 1. The van der Waals surface area contributed by atoms with E-state index in [9.17, 15) is 0 Å². The van der Waals surface area contributed by atoms with Crippen molar-refractivity contribution in [3.05, 3.63) is 23.4 Å². The molecule has 0 saturated carbocycles. The quantitative estimate of drug-likeness (QED) is 0.861. The molecule has 0 atom stereocenters. The van der Waals surface area contributed by atoms with E-state index in [1.54, 1.807) is 0 Å². The first-order chi connectivity index (χ1) is 9.69. The normalized spacial score (nSPS) is 15.9. The maximum absolute atomic E-state index is 4.87. The van der Waals surface area contributed by atoms with Gasteiger partial charge in [0.1, 0.15) is 5.82 Å². The van der Waals surface area contributed by atoms with E-state index in [-0.39, 0.29) is 0 Å². The fraction of sp³-hybridized carbons (Fsp3) is 0.706. The zero-order valence-electron chi connectivity index (χ0n) is 13.3. The Kier molecular flexibility index (Phi) is 5.84. The highest BCUT2D eigenvalue weighted by Gasteiger charge is 2.13. The van der Waals surface area contributed by atoms with Gasteiger partial charge in [-0.15, -0.1) is 0 Å². The van der Waals surface area contributed by atoms with Crippen LogP contribution in [0.15, 0.2) is 12.1 Å². The third-order valence-electron chi connectivity index (χ3n) is 3.83. The standard InChI is InChI=1S/C17H29N3/c1-4-8-16-11-15(13-18-14(2)3)12-17(19-16)20-9-6-5-7-10-20/h11-12,14,18H,4-10,13H2,1-3H3. The Bertz CT molecular complexity index is 409. The van der Waals surface area contributed by atoms with Crippen LogP contribution in [0, 0.1) is 0 Å². The molecule has 1 N–H and O–H groups in total. The van der Waals surface area contributed by atoms with Gasteiger partial charge in [0.15, 0.2) is 0 Å². The molecule has 1 aliphatic rings. The lowest BCUT2D eigenvalue weighted by atomic mass is 10.1. The summed E-state index contributed by atoms with van der Waals surface area (Å²) < 4.78 is 0. The second-order valence-electron chi connectivity index (χ2n) is 6.16. The van der Waals surface area contributed by atoms with Crippen LogP contribution in [0.2, 0.25) is 0 Å². The van der Waals surface area contributed by atoms with Gasteiger partial charge in [-0.3, -0.25) is 0 Å². The average Bonchev–Trinajstić information content (AvgIpc) is 2.46. The molecule has 1 aliphatic heterocycles. The minimum absolute atomic E-state index is 0.524. The second-order valence-corrected chi connectivity index (χ2v) is 6.16. The summed E-state index contributed by atoms with van der Waals surface area (Å²) in [5.41, 5.74) is 2.62. The van der Waals surface area contributed by atoms with Gasteiger partial charge in [0.05, 0.1) is 0 Å². The van der Waals surface area contributed by atoms with Crippen LogP contribution in [0.25, 0.3) is 0 Å². The van der Waals surface area contributed by atoms with Gasteiger partial charge in [0, 0.05) is 31.4 Å². The number of nitrogens with zero attached hydrogens (tertiary/aromatic N) is 2. The van der Waals surface area contributed by atoms with E-state index in [1.165, 1.54) is 49.4 Å². The van der Waals surface area contributed by atoms with E-state index in [0.717, 1.165) is 19.4 Å². The fourth-order valence-corrected chi connectivity index (χ4v) is 2.73. The van der Waals surface area contributed by atoms with Gasteiger partial charge >= 0.3 is 0 Å². The third-order valence-corrected chi connectivity index (χ3v) is 3.83. The molecule has 0 spiro atoms. The van der Waals surface area contributed by atoms with E-state index in [4.69, 9.17) is 4.98 Å². The van der Waals surface area contributed by atoms with Crippen molar-refractivity contribution in [2.45, 2.75) is 65.5 Å². The van der Waals surface area contributed by atoms with Crippen LogP contribution >= 0.6 is 0 Å². The molecule has 1 aromatic heterocycles. The van der Waals surface area contributed by atoms with Gasteiger partial charge in [-0.1, -0.05) is 27.2 Å². The molecule has 0 radical (unpaired) electrons. The van der Waals surface area contributed by atoms with Gasteiger partial charge in [-0.25, -0.2) is 4.98 Å².